The molecule has 132 valence electrons. The van der Waals surface area contributed by atoms with Crippen molar-refractivity contribution in [1.82, 2.24) is 4.90 Å². The second-order valence-corrected chi connectivity index (χ2v) is 6.65. The highest BCUT2D eigenvalue weighted by molar-refractivity contribution is 6.31. The molecule has 1 fully saturated rings. The van der Waals surface area contributed by atoms with Crippen LogP contribution in [0.4, 0.5) is 5.69 Å². The van der Waals surface area contributed by atoms with Crippen molar-refractivity contribution in [2.24, 2.45) is 5.92 Å². The maximum atomic E-state index is 12.5. The quantitative estimate of drug-likeness (QED) is 0.762. The highest BCUT2D eigenvalue weighted by atomic mass is 35.5. The maximum Gasteiger partial charge on any atom is 0.229 e. The molecule has 1 aliphatic rings. The molecule has 1 aromatic rings. The van der Waals surface area contributed by atoms with E-state index < -0.39 is 0 Å². The lowest BCUT2D eigenvalue weighted by Gasteiger charge is -2.17. The summed E-state index contributed by atoms with van der Waals surface area (Å²) in [6.07, 6.45) is 3.47. The van der Waals surface area contributed by atoms with Crippen LogP contribution in [-0.2, 0) is 9.59 Å². The Labute approximate surface area is 148 Å². The first-order valence-electron chi connectivity index (χ1n) is 8.39. The molecule has 2 rings (SSSR count). The van der Waals surface area contributed by atoms with Crippen LogP contribution in [0.5, 0.6) is 5.75 Å². The van der Waals surface area contributed by atoms with E-state index in [-0.39, 0.29) is 24.2 Å². The Kier molecular flexibility index (Phi) is 6.49. The number of amides is 2. The molecule has 1 heterocycles. The molecule has 1 aliphatic heterocycles. The Morgan fingerprint density at radius 1 is 1.42 bits per heavy atom. The number of unbranched alkanes of at least 4 members (excludes halogenated alkanes) is 2. The van der Waals surface area contributed by atoms with Gasteiger partial charge < -0.3 is 15.0 Å². The van der Waals surface area contributed by atoms with Crippen molar-refractivity contribution in [3.63, 3.8) is 0 Å². The molecule has 1 unspecified atom stereocenters. The van der Waals surface area contributed by atoms with E-state index in [1.54, 1.807) is 17.0 Å². The van der Waals surface area contributed by atoms with Crippen LogP contribution in [-0.4, -0.2) is 36.9 Å². The van der Waals surface area contributed by atoms with Crippen molar-refractivity contribution in [1.29, 1.82) is 0 Å². The molecule has 1 saturated heterocycles. The van der Waals surface area contributed by atoms with E-state index in [2.05, 4.69) is 12.2 Å². The Balaban J connectivity index is 2.01. The average molecular weight is 353 g/mol. The summed E-state index contributed by atoms with van der Waals surface area (Å²) < 4.78 is 5.28. The minimum absolute atomic E-state index is 0.0607. The van der Waals surface area contributed by atoms with Crippen LogP contribution >= 0.6 is 11.6 Å². The van der Waals surface area contributed by atoms with Crippen molar-refractivity contribution in [2.75, 3.05) is 25.5 Å². The first-order chi connectivity index (χ1) is 11.5. The van der Waals surface area contributed by atoms with Crippen molar-refractivity contribution in [3.8, 4) is 5.75 Å². The molecule has 0 saturated carbocycles. The van der Waals surface area contributed by atoms with Gasteiger partial charge in [0.25, 0.3) is 0 Å². The number of aryl methyl sites for hydroxylation is 1. The summed E-state index contributed by atoms with van der Waals surface area (Å²) in [4.78, 5) is 26.4. The van der Waals surface area contributed by atoms with Gasteiger partial charge in [-0.2, -0.15) is 0 Å². The second kappa shape index (κ2) is 8.38. The van der Waals surface area contributed by atoms with Crippen LogP contribution in [0.3, 0.4) is 0 Å². The van der Waals surface area contributed by atoms with Crippen LogP contribution < -0.4 is 10.1 Å². The molecule has 0 aliphatic carbocycles. The number of nitrogens with one attached hydrogen (secondary N) is 1. The molecule has 0 bridgehead atoms. The van der Waals surface area contributed by atoms with Gasteiger partial charge in [-0.05, 0) is 25.0 Å². The molecule has 2 amide bonds. The van der Waals surface area contributed by atoms with Crippen molar-refractivity contribution < 1.29 is 14.3 Å². The summed E-state index contributed by atoms with van der Waals surface area (Å²) in [6, 6.07) is 3.47. The van der Waals surface area contributed by atoms with E-state index in [9.17, 15) is 9.59 Å². The normalized spacial score (nSPS) is 17.2. The first kappa shape index (κ1) is 18.6. The van der Waals surface area contributed by atoms with Gasteiger partial charge in [0.2, 0.25) is 11.8 Å². The fourth-order valence-electron chi connectivity index (χ4n) is 2.88. The van der Waals surface area contributed by atoms with Gasteiger partial charge in [-0.3, -0.25) is 9.59 Å². The highest BCUT2D eigenvalue weighted by Gasteiger charge is 2.34. The molecule has 1 atom stereocenters. The van der Waals surface area contributed by atoms with E-state index in [4.69, 9.17) is 16.3 Å². The van der Waals surface area contributed by atoms with E-state index >= 15 is 0 Å². The lowest BCUT2D eigenvalue weighted by molar-refractivity contribution is -0.128. The summed E-state index contributed by atoms with van der Waals surface area (Å²) in [7, 11) is 1.53. The summed E-state index contributed by atoms with van der Waals surface area (Å²) in [5.74, 6) is 0.106. The lowest BCUT2D eigenvalue weighted by Crippen LogP contribution is -2.29. The van der Waals surface area contributed by atoms with Crippen LogP contribution in [0.15, 0.2) is 12.1 Å². The maximum absolute atomic E-state index is 12.5. The average Bonchev–Trinajstić information content (AvgIpc) is 2.92. The highest BCUT2D eigenvalue weighted by Crippen LogP contribution is 2.32. The number of anilines is 1. The number of rotatable bonds is 7. The van der Waals surface area contributed by atoms with E-state index in [0.29, 0.717) is 23.0 Å². The monoisotopic (exact) mass is 352 g/mol. The van der Waals surface area contributed by atoms with E-state index in [1.165, 1.54) is 7.11 Å². The predicted octanol–water partition coefficient (Wildman–Crippen LogP) is 3.63. The number of benzene rings is 1. The third-order valence-corrected chi connectivity index (χ3v) is 4.76. The minimum Gasteiger partial charge on any atom is -0.495 e. The standard InChI is InChI=1S/C18H25ClN2O3/c1-4-5-6-7-21-11-13(9-17(21)22)18(23)20-15-8-12(2)14(19)10-16(15)24-3/h8,10,13H,4-7,9,11H2,1-3H3,(H,20,23). The van der Waals surface area contributed by atoms with Gasteiger partial charge in [0, 0.05) is 30.6 Å². The molecule has 24 heavy (non-hydrogen) atoms. The van der Waals surface area contributed by atoms with Crippen LogP contribution in [0.1, 0.15) is 38.2 Å². The fourth-order valence-corrected chi connectivity index (χ4v) is 3.03. The molecular formula is C18H25ClN2O3. The molecule has 1 aromatic carbocycles. The fraction of sp³-hybridized carbons (Fsp3) is 0.556. The number of nitrogens with zero attached hydrogens (tertiary/aromatic N) is 1. The summed E-state index contributed by atoms with van der Waals surface area (Å²) in [5.41, 5.74) is 1.44. The van der Waals surface area contributed by atoms with Crippen molar-refractivity contribution in [3.05, 3.63) is 22.7 Å². The zero-order valence-electron chi connectivity index (χ0n) is 14.5. The molecule has 0 radical (unpaired) electrons. The van der Waals surface area contributed by atoms with E-state index in [1.807, 2.05) is 6.92 Å². The molecule has 1 N–H and O–H groups in total. The van der Waals surface area contributed by atoms with Gasteiger partial charge in [-0.25, -0.2) is 0 Å². The van der Waals surface area contributed by atoms with Gasteiger partial charge >= 0.3 is 0 Å². The van der Waals surface area contributed by atoms with Crippen molar-refractivity contribution in [2.45, 2.75) is 39.5 Å². The number of hydrogen-bond acceptors (Lipinski definition) is 3. The zero-order chi connectivity index (χ0) is 17.7. The van der Waals surface area contributed by atoms with Crippen LogP contribution in [0.25, 0.3) is 0 Å². The SMILES string of the molecule is CCCCCN1CC(C(=O)Nc2cc(C)c(Cl)cc2OC)CC1=O. The number of ether oxygens (including phenoxy) is 1. The lowest BCUT2D eigenvalue weighted by atomic mass is 10.1. The zero-order valence-corrected chi connectivity index (χ0v) is 15.3. The summed E-state index contributed by atoms with van der Waals surface area (Å²) >= 11 is 6.08. The van der Waals surface area contributed by atoms with Gasteiger partial charge in [-0.1, -0.05) is 31.4 Å². The van der Waals surface area contributed by atoms with Gasteiger partial charge in [0.05, 0.1) is 18.7 Å². The number of carbonyl (C=O) groups is 2. The Bertz CT molecular complexity index is 619. The Morgan fingerprint density at radius 2 is 2.17 bits per heavy atom. The third-order valence-electron chi connectivity index (χ3n) is 4.36. The molecule has 0 aromatic heterocycles. The second-order valence-electron chi connectivity index (χ2n) is 6.24. The number of carbonyl (C=O) groups excluding carboxylic acids is 2. The van der Waals surface area contributed by atoms with Crippen molar-refractivity contribution >= 4 is 29.1 Å². The molecular weight excluding hydrogens is 328 g/mol. The van der Waals surface area contributed by atoms with Gasteiger partial charge in [0.15, 0.2) is 0 Å². The first-order valence-corrected chi connectivity index (χ1v) is 8.76. The molecule has 6 heteroatoms. The number of methoxy groups -OCH3 is 1. The van der Waals surface area contributed by atoms with Crippen LogP contribution in [0, 0.1) is 12.8 Å². The molecule has 0 spiro atoms. The largest absolute Gasteiger partial charge is 0.495 e. The number of likely N-dealkylation sites (tertiary alicyclic amines) is 1. The smallest absolute Gasteiger partial charge is 0.229 e. The minimum atomic E-state index is -0.320. The van der Waals surface area contributed by atoms with E-state index in [0.717, 1.165) is 31.4 Å². The topological polar surface area (TPSA) is 58.6 Å². The third kappa shape index (κ3) is 4.41. The van der Waals surface area contributed by atoms with Crippen LogP contribution in [0.2, 0.25) is 5.02 Å². The summed E-state index contributed by atoms with van der Waals surface area (Å²) in [6.45, 7) is 5.22. The molecule has 5 nitrogen and oxygen atoms in total. The predicted molar refractivity (Wildman–Crippen MR) is 95.6 cm³/mol. The Morgan fingerprint density at radius 3 is 2.83 bits per heavy atom. The number of halogens is 1. The number of hydrogen-bond donors (Lipinski definition) is 1. The van der Waals surface area contributed by atoms with Gasteiger partial charge in [0.1, 0.15) is 5.75 Å². The Hall–Kier alpha value is -1.75. The van der Waals surface area contributed by atoms with Gasteiger partial charge in [-0.15, -0.1) is 0 Å². The summed E-state index contributed by atoms with van der Waals surface area (Å²) in [5, 5.41) is 3.46.